The fourth-order valence-electron chi connectivity index (χ4n) is 0.907. The van der Waals surface area contributed by atoms with Crippen LogP contribution in [0.2, 0.25) is 0 Å². The van der Waals surface area contributed by atoms with Crippen LogP contribution >= 0.6 is 0 Å². The van der Waals surface area contributed by atoms with Crippen molar-refractivity contribution >= 4 is 5.69 Å². The van der Waals surface area contributed by atoms with Gasteiger partial charge in [-0.25, -0.2) is 0 Å². The molecule has 1 rings (SSSR count). The van der Waals surface area contributed by atoms with E-state index in [-0.39, 0.29) is 6.61 Å². The maximum absolute atomic E-state index is 8.55. The van der Waals surface area contributed by atoms with Crippen molar-refractivity contribution in [2.45, 2.75) is 19.9 Å². The van der Waals surface area contributed by atoms with E-state index in [1.54, 1.807) is 10.9 Å². The smallest absolute Gasteiger partial charge is 0.0730 e. The van der Waals surface area contributed by atoms with Crippen molar-refractivity contribution in [1.82, 2.24) is 9.78 Å². The molecule has 0 radical (unpaired) electrons. The fraction of sp³-hybridized carbons (Fsp3) is 0.571. The lowest BCUT2D eigenvalue weighted by molar-refractivity contribution is 0.276. The maximum Gasteiger partial charge on any atom is 0.0730 e. The summed E-state index contributed by atoms with van der Waals surface area (Å²) in [7, 11) is 0. The van der Waals surface area contributed by atoms with Crippen molar-refractivity contribution in [2.75, 3.05) is 12.3 Å². The van der Waals surface area contributed by atoms with Gasteiger partial charge in [0.05, 0.1) is 17.6 Å². The van der Waals surface area contributed by atoms with E-state index < -0.39 is 0 Å². The van der Waals surface area contributed by atoms with Crippen molar-refractivity contribution in [2.24, 2.45) is 0 Å². The second-order valence-corrected chi connectivity index (χ2v) is 2.49. The van der Waals surface area contributed by atoms with Gasteiger partial charge in [-0.05, 0) is 13.3 Å². The van der Waals surface area contributed by atoms with Crippen LogP contribution in [0.4, 0.5) is 5.69 Å². The molecule has 1 aromatic heterocycles. The highest BCUT2D eigenvalue weighted by molar-refractivity contribution is 5.39. The molecular formula is C7H13N3O. The van der Waals surface area contributed by atoms with Crippen LogP contribution in [0.1, 0.15) is 12.1 Å². The molecule has 0 amide bonds. The summed E-state index contributed by atoms with van der Waals surface area (Å²) in [4.78, 5) is 0. The summed E-state index contributed by atoms with van der Waals surface area (Å²) < 4.78 is 1.80. The molecule has 0 aromatic carbocycles. The van der Waals surface area contributed by atoms with E-state index in [0.29, 0.717) is 5.69 Å². The quantitative estimate of drug-likeness (QED) is 0.653. The third-order valence-electron chi connectivity index (χ3n) is 1.67. The first-order chi connectivity index (χ1) is 5.25. The minimum atomic E-state index is 0.194. The van der Waals surface area contributed by atoms with Crippen molar-refractivity contribution in [3.05, 3.63) is 11.9 Å². The number of nitrogens with two attached hydrogens (primary N) is 1. The van der Waals surface area contributed by atoms with E-state index >= 15 is 0 Å². The monoisotopic (exact) mass is 155 g/mol. The van der Waals surface area contributed by atoms with Crippen molar-refractivity contribution in [3.8, 4) is 0 Å². The molecule has 3 N–H and O–H groups in total. The Morgan fingerprint density at radius 1 is 1.73 bits per heavy atom. The van der Waals surface area contributed by atoms with E-state index in [9.17, 15) is 0 Å². The lowest BCUT2D eigenvalue weighted by atomic mass is 10.4. The Morgan fingerprint density at radius 2 is 2.45 bits per heavy atom. The summed E-state index contributed by atoms with van der Waals surface area (Å²) >= 11 is 0. The van der Waals surface area contributed by atoms with Gasteiger partial charge in [0.25, 0.3) is 0 Å². The number of aliphatic hydroxyl groups excluding tert-OH is 1. The molecule has 4 nitrogen and oxygen atoms in total. The first-order valence-electron chi connectivity index (χ1n) is 3.64. The Hall–Kier alpha value is -1.03. The Balaban J connectivity index is 2.63. The average molecular weight is 155 g/mol. The molecule has 4 heteroatoms. The predicted octanol–water partition coefficient (Wildman–Crippen LogP) is 0.156. The summed E-state index contributed by atoms with van der Waals surface area (Å²) in [6.45, 7) is 2.85. The second kappa shape index (κ2) is 3.39. The summed E-state index contributed by atoms with van der Waals surface area (Å²) in [5.41, 5.74) is 7.25. The van der Waals surface area contributed by atoms with Gasteiger partial charge in [-0.2, -0.15) is 5.10 Å². The highest BCUT2D eigenvalue weighted by Gasteiger charge is 2.00. The topological polar surface area (TPSA) is 64.1 Å². The summed E-state index contributed by atoms with van der Waals surface area (Å²) in [5.74, 6) is 0. The molecule has 0 fully saturated rings. The molecular weight excluding hydrogens is 142 g/mol. The highest BCUT2D eigenvalue weighted by Crippen LogP contribution is 2.08. The number of nitrogen functional groups attached to an aromatic ring is 1. The van der Waals surface area contributed by atoms with Gasteiger partial charge in [-0.15, -0.1) is 0 Å². The van der Waals surface area contributed by atoms with Crippen LogP contribution in [-0.4, -0.2) is 21.5 Å². The molecule has 1 heterocycles. The number of nitrogens with zero attached hydrogens (tertiary/aromatic N) is 2. The van der Waals surface area contributed by atoms with E-state index in [1.165, 1.54) is 0 Å². The molecule has 0 bridgehead atoms. The van der Waals surface area contributed by atoms with Gasteiger partial charge in [0.2, 0.25) is 0 Å². The lowest BCUT2D eigenvalue weighted by Gasteiger charge is -2.01. The van der Waals surface area contributed by atoms with E-state index in [1.807, 2.05) is 6.92 Å². The van der Waals surface area contributed by atoms with Crippen LogP contribution in [0.5, 0.6) is 0 Å². The zero-order valence-electron chi connectivity index (χ0n) is 6.62. The largest absolute Gasteiger partial charge is 0.396 e. The van der Waals surface area contributed by atoms with E-state index in [0.717, 1.165) is 18.7 Å². The molecule has 0 aliphatic carbocycles. The zero-order valence-corrected chi connectivity index (χ0v) is 6.62. The number of aliphatic hydroxyl groups is 1. The molecule has 0 spiro atoms. The number of hydrogen-bond donors (Lipinski definition) is 2. The van der Waals surface area contributed by atoms with Crippen LogP contribution in [0.3, 0.4) is 0 Å². The first kappa shape index (κ1) is 8.07. The second-order valence-electron chi connectivity index (χ2n) is 2.49. The van der Waals surface area contributed by atoms with E-state index in [2.05, 4.69) is 5.10 Å². The normalized spacial score (nSPS) is 10.4. The Bertz CT molecular complexity index is 232. The number of aryl methyl sites for hydroxylation is 1. The molecule has 0 aliphatic rings. The van der Waals surface area contributed by atoms with Gasteiger partial charge in [0, 0.05) is 13.2 Å². The number of anilines is 1. The van der Waals surface area contributed by atoms with Crippen molar-refractivity contribution in [3.63, 3.8) is 0 Å². The van der Waals surface area contributed by atoms with Gasteiger partial charge < -0.3 is 10.8 Å². The lowest BCUT2D eigenvalue weighted by Crippen LogP contribution is -2.04. The van der Waals surface area contributed by atoms with Crippen LogP contribution in [0.25, 0.3) is 0 Å². The Labute approximate surface area is 65.6 Å². The van der Waals surface area contributed by atoms with Gasteiger partial charge in [-0.1, -0.05) is 0 Å². The first-order valence-corrected chi connectivity index (χ1v) is 3.64. The highest BCUT2D eigenvalue weighted by atomic mass is 16.3. The average Bonchev–Trinajstić information content (AvgIpc) is 2.31. The molecule has 1 aromatic rings. The third-order valence-corrected chi connectivity index (χ3v) is 1.67. The maximum atomic E-state index is 8.55. The number of rotatable bonds is 3. The Kier molecular flexibility index (Phi) is 2.48. The van der Waals surface area contributed by atoms with E-state index in [4.69, 9.17) is 10.8 Å². The number of hydrogen-bond acceptors (Lipinski definition) is 3. The number of aromatic nitrogens is 2. The van der Waals surface area contributed by atoms with Crippen LogP contribution in [-0.2, 0) is 6.54 Å². The van der Waals surface area contributed by atoms with Gasteiger partial charge in [0.15, 0.2) is 0 Å². The molecule has 0 saturated heterocycles. The van der Waals surface area contributed by atoms with Crippen LogP contribution in [0, 0.1) is 6.92 Å². The molecule has 62 valence electrons. The summed E-state index contributed by atoms with van der Waals surface area (Å²) in [5, 5.41) is 12.6. The molecule has 0 atom stereocenters. The van der Waals surface area contributed by atoms with Crippen LogP contribution in [0.15, 0.2) is 6.20 Å². The molecule has 0 saturated carbocycles. The molecule has 0 unspecified atom stereocenters. The zero-order chi connectivity index (χ0) is 8.27. The SMILES string of the molecule is Cc1c(N)cnn1CCCO. The minimum absolute atomic E-state index is 0.194. The van der Waals surface area contributed by atoms with Crippen LogP contribution < -0.4 is 5.73 Å². The van der Waals surface area contributed by atoms with Gasteiger partial charge >= 0.3 is 0 Å². The fourth-order valence-corrected chi connectivity index (χ4v) is 0.907. The standard InChI is InChI=1S/C7H13N3O/c1-6-7(8)5-9-10(6)3-2-4-11/h5,11H,2-4,8H2,1H3. The third kappa shape index (κ3) is 1.71. The van der Waals surface area contributed by atoms with Gasteiger partial charge in [0.1, 0.15) is 0 Å². The summed E-state index contributed by atoms with van der Waals surface area (Å²) in [6, 6.07) is 0. The van der Waals surface area contributed by atoms with Gasteiger partial charge in [-0.3, -0.25) is 4.68 Å². The minimum Gasteiger partial charge on any atom is -0.396 e. The van der Waals surface area contributed by atoms with Crippen molar-refractivity contribution < 1.29 is 5.11 Å². The van der Waals surface area contributed by atoms with Crippen molar-refractivity contribution in [1.29, 1.82) is 0 Å². The molecule has 11 heavy (non-hydrogen) atoms. The Morgan fingerprint density at radius 3 is 2.91 bits per heavy atom. The molecule has 0 aliphatic heterocycles. The predicted molar refractivity (Wildman–Crippen MR) is 43.1 cm³/mol. The summed E-state index contributed by atoms with van der Waals surface area (Å²) in [6.07, 6.45) is 2.36.